The fourth-order valence-electron chi connectivity index (χ4n) is 3.97. The van der Waals surface area contributed by atoms with Crippen molar-refractivity contribution in [3.63, 3.8) is 0 Å². The maximum Gasteiger partial charge on any atom is 0.256 e. The smallest absolute Gasteiger partial charge is 0.256 e. The molecular weight excluding hydrogens is 426 g/mol. The number of nitrogens with zero attached hydrogens (tertiary/aromatic N) is 2. The molecular formula is C24H27N3O4S. The molecule has 0 saturated carbocycles. The number of piperidine rings is 1. The van der Waals surface area contributed by atoms with Gasteiger partial charge < -0.3 is 14.2 Å². The summed E-state index contributed by atoms with van der Waals surface area (Å²) in [4.78, 5) is 17.2. The van der Waals surface area contributed by atoms with E-state index in [0.29, 0.717) is 38.0 Å². The van der Waals surface area contributed by atoms with Crippen molar-refractivity contribution in [2.24, 2.45) is 0 Å². The quantitative estimate of drug-likeness (QED) is 0.592. The summed E-state index contributed by atoms with van der Waals surface area (Å²) in [5.74, 6) is 0.647. The Kier molecular flexibility index (Phi) is 6.62. The maximum absolute atomic E-state index is 13.1. The average molecular weight is 454 g/mol. The van der Waals surface area contributed by atoms with E-state index in [2.05, 4.69) is 9.62 Å². The Labute approximate surface area is 188 Å². The molecule has 0 radical (unpaired) electrons. The molecule has 2 aromatic carbocycles. The van der Waals surface area contributed by atoms with E-state index in [-0.39, 0.29) is 16.8 Å². The van der Waals surface area contributed by atoms with Gasteiger partial charge in [0, 0.05) is 31.9 Å². The predicted molar refractivity (Wildman–Crippen MR) is 123 cm³/mol. The summed E-state index contributed by atoms with van der Waals surface area (Å²) < 4.78 is 33.4. The minimum atomic E-state index is -3.54. The zero-order valence-corrected chi connectivity index (χ0v) is 18.8. The molecule has 168 valence electrons. The van der Waals surface area contributed by atoms with Crippen molar-refractivity contribution in [2.45, 2.75) is 30.3 Å². The van der Waals surface area contributed by atoms with E-state index in [4.69, 9.17) is 4.42 Å². The summed E-state index contributed by atoms with van der Waals surface area (Å²) >= 11 is 0. The van der Waals surface area contributed by atoms with Crippen LogP contribution in [0.4, 0.5) is 5.69 Å². The Morgan fingerprint density at radius 3 is 2.41 bits per heavy atom. The zero-order chi connectivity index (χ0) is 22.6. The summed E-state index contributed by atoms with van der Waals surface area (Å²) in [5, 5.41) is 0. The van der Waals surface area contributed by atoms with E-state index >= 15 is 0 Å². The number of amides is 1. The molecule has 7 nitrogen and oxygen atoms in total. The van der Waals surface area contributed by atoms with Crippen LogP contribution in [-0.2, 0) is 16.6 Å². The number of anilines is 1. The molecule has 0 bridgehead atoms. The van der Waals surface area contributed by atoms with Gasteiger partial charge in [-0.25, -0.2) is 13.1 Å². The van der Waals surface area contributed by atoms with Gasteiger partial charge in [0.05, 0.1) is 23.3 Å². The number of para-hydroxylation sites is 1. The highest BCUT2D eigenvalue weighted by atomic mass is 32.2. The van der Waals surface area contributed by atoms with Gasteiger partial charge in [-0.2, -0.15) is 0 Å². The monoisotopic (exact) mass is 453 g/mol. The van der Waals surface area contributed by atoms with Crippen LogP contribution in [-0.4, -0.2) is 45.4 Å². The molecule has 0 atom stereocenters. The summed E-state index contributed by atoms with van der Waals surface area (Å²) in [5.41, 5.74) is 1.50. The second-order valence-corrected chi connectivity index (χ2v) is 9.67. The molecule has 0 spiro atoms. The lowest BCUT2D eigenvalue weighted by atomic mass is 10.0. The molecule has 0 unspecified atom stereocenters. The van der Waals surface area contributed by atoms with Crippen molar-refractivity contribution in [1.29, 1.82) is 0 Å². The van der Waals surface area contributed by atoms with Crippen LogP contribution in [0.25, 0.3) is 0 Å². The molecule has 4 rings (SSSR count). The number of furan rings is 1. The first-order chi connectivity index (χ1) is 15.4. The molecule has 32 heavy (non-hydrogen) atoms. The van der Waals surface area contributed by atoms with Crippen LogP contribution in [0.15, 0.2) is 82.3 Å². The number of benzene rings is 2. The van der Waals surface area contributed by atoms with Gasteiger partial charge in [0.25, 0.3) is 5.91 Å². The standard InChI is InChI=1S/C24H27N3O4S/c1-26(18-20-8-7-17-31-20)24(28)22-11-5-6-12-23(22)27-15-13-19(14-16-27)25-32(29,30)21-9-3-2-4-10-21/h2-12,17,19,25H,13-16,18H2,1H3. The van der Waals surface area contributed by atoms with Gasteiger partial charge >= 0.3 is 0 Å². The van der Waals surface area contributed by atoms with Crippen molar-refractivity contribution >= 4 is 21.6 Å². The van der Waals surface area contributed by atoms with Crippen molar-refractivity contribution in [2.75, 3.05) is 25.0 Å². The molecule has 2 heterocycles. The highest BCUT2D eigenvalue weighted by Crippen LogP contribution is 2.26. The van der Waals surface area contributed by atoms with E-state index < -0.39 is 10.0 Å². The normalized spacial score (nSPS) is 15.0. The summed E-state index contributed by atoms with van der Waals surface area (Å²) in [6.45, 7) is 1.71. The van der Waals surface area contributed by atoms with Gasteiger partial charge in [0.15, 0.2) is 0 Å². The molecule has 8 heteroatoms. The summed E-state index contributed by atoms with van der Waals surface area (Å²) in [6.07, 6.45) is 2.92. The lowest BCUT2D eigenvalue weighted by molar-refractivity contribution is 0.0776. The molecule has 0 aliphatic carbocycles. The molecule has 1 N–H and O–H groups in total. The highest BCUT2D eigenvalue weighted by molar-refractivity contribution is 7.89. The van der Waals surface area contributed by atoms with Crippen LogP contribution in [0, 0.1) is 0 Å². The van der Waals surface area contributed by atoms with Crippen LogP contribution >= 0.6 is 0 Å². The first-order valence-corrected chi connectivity index (χ1v) is 12.1. The van der Waals surface area contributed by atoms with Gasteiger partial charge in [-0.05, 0) is 49.2 Å². The van der Waals surface area contributed by atoms with Crippen LogP contribution in [0.5, 0.6) is 0 Å². The topological polar surface area (TPSA) is 82.9 Å². The molecule has 3 aromatic rings. The van der Waals surface area contributed by atoms with Gasteiger partial charge in [-0.1, -0.05) is 30.3 Å². The van der Waals surface area contributed by atoms with E-state index in [1.807, 2.05) is 30.3 Å². The summed E-state index contributed by atoms with van der Waals surface area (Å²) in [6, 6.07) is 19.5. The Morgan fingerprint density at radius 2 is 1.72 bits per heavy atom. The number of hydrogen-bond donors (Lipinski definition) is 1. The summed E-state index contributed by atoms with van der Waals surface area (Å²) in [7, 11) is -1.78. The molecule has 1 fully saturated rings. The van der Waals surface area contributed by atoms with E-state index in [0.717, 1.165) is 11.4 Å². The van der Waals surface area contributed by atoms with Crippen molar-refractivity contribution in [3.8, 4) is 0 Å². The van der Waals surface area contributed by atoms with Gasteiger partial charge in [-0.3, -0.25) is 4.79 Å². The van der Waals surface area contributed by atoms with E-state index in [1.165, 1.54) is 0 Å². The van der Waals surface area contributed by atoms with Crippen molar-refractivity contribution in [3.05, 3.63) is 84.3 Å². The minimum Gasteiger partial charge on any atom is -0.467 e. The zero-order valence-electron chi connectivity index (χ0n) is 18.0. The van der Waals surface area contributed by atoms with Gasteiger partial charge in [0.2, 0.25) is 10.0 Å². The third-order valence-corrected chi connectivity index (χ3v) is 7.20. The van der Waals surface area contributed by atoms with E-state index in [9.17, 15) is 13.2 Å². The molecule has 1 aromatic heterocycles. The Morgan fingerprint density at radius 1 is 1.03 bits per heavy atom. The molecule has 1 amide bonds. The fraction of sp³-hybridized carbons (Fsp3) is 0.292. The number of sulfonamides is 1. The Bertz CT molecular complexity index is 1140. The Hall–Kier alpha value is -3.10. The van der Waals surface area contributed by atoms with Crippen molar-refractivity contribution in [1.82, 2.24) is 9.62 Å². The van der Waals surface area contributed by atoms with Crippen LogP contribution in [0.1, 0.15) is 29.0 Å². The van der Waals surface area contributed by atoms with Crippen molar-refractivity contribution < 1.29 is 17.6 Å². The number of nitrogens with one attached hydrogen (secondary N) is 1. The van der Waals surface area contributed by atoms with E-state index in [1.54, 1.807) is 54.6 Å². The van der Waals surface area contributed by atoms with Gasteiger partial charge in [0.1, 0.15) is 5.76 Å². The third-order valence-electron chi connectivity index (χ3n) is 5.67. The maximum atomic E-state index is 13.1. The lowest BCUT2D eigenvalue weighted by Crippen LogP contribution is -2.45. The SMILES string of the molecule is CN(Cc1ccco1)C(=O)c1ccccc1N1CCC(NS(=O)(=O)c2ccccc2)CC1. The largest absolute Gasteiger partial charge is 0.467 e. The minimum absolute atomic E-state index is 0.0797. The second kappa shape index (κ2) is 9.58. The average Bonchev–Trinajstić information content (AvgIpc) is 3.32. The second-order valence-electron chi connectivity index (χ2n) is 7.95. The first-order valence-electron chi connectivity index (χ1n) is 10.6. The van der Waals surface area contributed by atoms with Crippen LogP contribution in [0.3, 0.4) is 0 Å². The predicted octanol–water partition coefficient (Wildman–Crippen LogP) is 3.50. The number of carbonyl (C=O) groups is 1. The highest BCUT2D eigenvalue weighted by Gasteiger charge is 2.27. The third kappa shape index (κ3) is 5.03. The number of carbonyl (C=O) groups excluding carboxylic acids is 1. The van der Waals surface area contributed by atoms with Gasteiger partial charge in [-0.15, -0.1) is 0 Å². The first kappa shape index (κ1) is 22.1. The number of hydrogen-bond acceptors (Lipinski definition) is 5. The fourth-order valence-corrected chi connectivity index (χ4v) is 5.30. The molecule has 1 saturated heterocycles. The van der Waals surface area contributed by atoms with Crippen LogP contribution < -0.4 is 9.62 Å². The van der Waals surface area contributed by atoms with Crippen LogP contribution in [0.2, 0.25) is 0 Å². The Balaban J connectivity index is 1.41. The lowest BCUT2D eigenvalue weighted by Gasteiger charge is -2.35. The molecule has 1 aliphatic heterocycles. The number of rotatable bonds is 7. The molecule has 1 aliphatic rings.